The summed E-state index contributed by atoms with van der Waals surface area (Å²) < 4.78 is 7.91. The van der Waals surface area contributed by atoms with E-state index in [1.54, 1.807) is 7.11 Å². The zero-order valence-corrected chi connectivity index (χ0v) is 21.1. The molecule has 0 aliphatic heterocycles. The van der Waals surface area contributed by atoms with Crippen LogP contribution < -0.4 is 10.1 Å². The van der Waals surface area contributed by atoms with Crippen LogP contribution >= 0.6 is 11.8 Å². The first-order valence-electron chi connectivity index (χ1n) is 11.8. The zero-order valence-electron chi connectivity index (χ0n) is 20.3. The molecule has 3 aromatic carbocycles. The number of methoxy groups -OCH3 is 1. The molecular weight excluding hydrogens is 440 g/mol. The minimum Gasteiger partial charge on any atom is -0.496 e. The topological polar surface area (TPSA) is 43.3 Å². The number of nitrogens with one attached hydrogen (secondary N) is 1. The first-order valence-corrected chi connectivity index (χ1v) is 12.7. The Morgan fingerprint density at radius 3 is 2.50 bits per heavy atom. The summed E-state index contributed by atoms with van der Waals surface area (Å²) in [5.41, 5.74) is 5.27. The summed E-state index contributed by atoms with van der Waals surface area (Å²) in [6, 6.07) is 25.0. The van der Waals surface area contributed by atoms with Crippen molar-refractivity contribution < 1.29 is 9.53 Å². The number of thioether (sulfide) groups is 1. The fraction of sp³-hybridized carbons (Fsp3) is 0.276. The number of hydrogen-bond acceptors (Lipinski definition) is 3. The summed E-state index contributed by atoms with van der Waals surface area (Å²) in [6.07, 6.45) is 0.769. The maximum absolute atomic E-state index is 12.9. The van der Waals surface area contributed by atoms with Crippen LogP contribution in [0.25, 0.3) is 10.9 Å². The van der Waals surface area contributed by atoms with Crippen LogP contribution in [0.3, 0.4) is 0 Å². The van der Waals surface area contributed by atoms with Gasteiger partial charge in [0.25, 0.3) is 5.91 Å². The van der Waals surface area contributed by atoms with Crippen LogP contribution in [0.2, 0.25) is 0 Å². The lowest BCUT2D eigenvalue weighted by atomic mass is 10.1. The molecule has 0 fully saturated rings. The predicted molar refractivity (Wildman–Crippen MR) is 142 cm³/mol. The SMILES string of the molecule is CCSc1ccc(CNC(=O)c2ccc3c(c2)cc(Cc2ccccc2OC)n3C(C)C)cc1. The van der Waals surface area contributed by atoms with Gasteiger partial charge in [-0.25, -0.2) is 0 Å². The van der Waals surface area contributed by atoms with Crippen molar-refractivity contribution in [2.24, 2.45) is 0 Å². The molecule has 1 heterocycles. The number of rotatable bonds is 9. The van der Waals surface area contributed by atoms with E-state index in [9.17, 15) is 4.79 Å². The van der Waals surface area contributed by atoms with Gasteiger partial charge in [-0.05, 0) is 73.2 Å². The second-order valence-corrected chi connectivity index (χ2v) is 9.96. The quantitative estimate of drug-likeness (QED) is 0.271. The number of nitrogens with zero attached hydrogens (tertiary/aromatic N) is 1. The van der Waals surface area contributed by atoms with Crippen LogP contribution in [0.15, 0.2) is 77.7 Å². The van der Waals surface area contributed by atoms with Gasteiger partial charge >= 0.3 is 0 Å². The van der Waals surface area contributed by atoms with Crippen molar-refractivity contribution in [3.05, 3.63) is 95.2 Å². The van der Waals surface area contributed by atoms with Crippen LogP contribution in [-0.4, -0.2) is 23.3 Å². The van der Waals surface area contributed by atoms with Crippen molar-refractivity contribution in [3.63, 3.8) is 0 Å². The summed E-state index contributed by atoms with van der Waals surface area (Å²) in [7, 11) is 1.71. The number of para-hydroxylation sites is 1. The van der Waals surface area contributed by atoms with Crippen LogP contribution in [-0.2, 0) is 13.0 Å². The van der Waals surface area contributed by atoms with Crippen LogP contribution in [0.1, 0.15) is 54.0 Å². The van der Waals surface area contributed by atoms with Crippen molar-refractivity contribution in [2.75, 3.05) is 12.9 Å². The summed E-state index contributed by atoms with van der Waals surface area (Å²) >= 11 is 1.82. The first kappa shape index (κ1) is 24.0. The van der Waals surface area contributed by atoms with Gasteiger partial charge in [0.2, 0.25) is 0 Å². The van der Waals surface area contributed by atoms with E-state index in [1.807, 2.05) is 42.1 Å². The minimum absolute atomic E-state index is 0.0579. The van der Waals surface area contributed by atoms with Gasteiger partial charge < -0.3 is 14.6 Å². The van der Waals surface area contributed by atoms with E-state index in [0.717, 1.165) is 40.0 Å². The second-order valence-electron chi connectivity index (χ2n) is 8.62. The number of ether oxygens (including phenoxy) is 1. The van der Waals surface area contributed by atoms with Gasteiger partial charge in [0, 0.05) is 46.1 Å². The number of aromatic nitrogens is 1. The first-order chi connectivity index (χ1) is 16.5. The van der Waals surface area contributed by atoms with Gasteiger partial charge in [-0.2, -0.15) is 0 Å². The van der Waals surface area contributed by atoms with Crippen LogP contribution in [0.5, 0.6) is 5.75 Å². The fourth-order valence-corrected chi connectivity index (χ4v) is 5.04. The van der Waals surface area contributed by atoms with Crippen molar-refractivity contribution in [1.82, 2.24) is 9.88 Å². The average Bonchev–Trinajstić information content (AvgIpc) is 3.21. The molecule has 0 aliphatic rings. The Morgan fingerprint density at radius 1 is 1.03 bits per heavy atom. The maximum Gasteiger partial charge on any atom is 0.251 e. The van der Waals surface area contributed by atoms with E-state index < -0.39 is 0 Å². The molecular formula is C29H32N2O2S. The normalized spacial score (nSPS) is 11.2. The Kier molecular flexibility index (Phi) is 7.63. The van der Waals surface area contributed by atoms with Gasteiger partial charge in [-0.15, -0.1) is 11.8 Å². The van der Waals surface area contributed by atoms with E-state index in [-0.39, 0.29) is 5.91 Å². The van der Waals surface area contributed by atoms with Crippen molar-refractivity contribution in [1.29, 1.82) is 0 Å². The van der Waals surface area contributed by atoms with E-state index in [0.29, 0.717) is 18.2 Å². The molecule has 4 aromatic rings. The lowest BCUT2D eigenvalue weighted by Crippen LogP contribution is -2.22. The number of hydrogen-bond donors (Lipinski definition) is 1. The molecule has 1 aromatic heterocycles. The van der Waals surface area contributed by atoms with Crippen molar-refractivity contribution in [3.8, 4) is 5.75 Å². The highest BCUT2D eigenvalue weighted by atomic mass is 32.2. The zero-order chi connectivity index (χ0) is 24.1. The average molecular weight is 473 g/mol. The molecule has 0 bridgehead atoms. The van der Waals surface area contributed by atoms with E-state index >= 15 is 0 Å². The Labute approximate surface area is 206 Å². The molecule has 0 spiro atoms. The molecule has 5 heteroatoms. The molecule has 0 unspecified atom stereocenters. The summed E-state index contributed by atoms with van der Waals surface area (Å²) in [5, 5.41) is 4.14. The summed E-state index contributed by atoms with van der Waals surface area (Å²) in [5.74, 6) is 1.89. The number of fused-ring (bicyclic) bond motifs is 1. The van der Waals surface area contributed by atoms with E-state index in [2.05, 4.69) is 73.1 Å². The standard InChI is InChI=1S/C29H32N2O2S/c1-5-34-26-13-10-21(11-14-26)19-30-29(32)23-12-15-27-24(16-23)18-25(31(27)20(2)3)17-22-8-6-7-9-28(22)33-4/h6-16,18,20H,5,17,19H2,1-4H3,(H,30,32). The highest BCUT2D eigenvalue weighted by Gasteiger charge is 2.15. The highest BCUT2D eigenvalue weighted by molar-refractivity contribution is 7.99. The lowest BCUT2D eigenvalue weighted by Gasteiger charge is -2.16. The number of amides is 1. The Hall–Kier alpha value is -3.18. The monoisotopic (exact) mass is 472 g/mol. The van der Waals surface area contributed by atoms with E-state index in [1.165, 1.54) is 10.6 Å². The third-order valence-electron chi connectivity index (χ3n) is 5.95. The van der Waals surface area contributed by atoms with Gasteiger partial charge in [0.05, 0.1) is 7.11 Å². The smallest absolute Gasteiger partial charge is 0.251 e. The summed E-state index contributed by atoms with van der Waals surface area (Å²) in [6.45, 7) is 7.04. The predicted octanol–water partition coefficient (Wildman–Crippen LogP) is 6.86. The molecule has 34 heavy (non-hydrogen) atoms. The van der Waals surface area contributed by atoms with Crippen molar-refractivity contribution >= 4 is 28.6 Å². The largest absolute Gasteiger partial charge is 0.496 e. The van der Waals surface area contributed by atoms with Gasteiger partial charge in [-0.1, -0.05) is 37.3 Å². The second kappa shape index (κ2) is 10.8. The Balaban J connectivity index is 1.55. The van der Waals surface area contributed by atoms with Gasteiger partial charge in [0.15, 0.2) is 0 Å². The molecule has 0 saturated heterocycles. The molecule has 0 radical (unpaired) electrons. The number of carbonyl (C=O) groups excluding carboxylic acids is 1. The summed E-state index contributed by atoms with van der Waals surface area (Å²) in [4.78, 5) is 14.1. The Bertz CT molecular complexity index is 1280. The number of benzene rings is 3. The molecule has 4 nitrogen and oxygen atoms in total. The number of carbonyl (C=O) groups is 1. The van der Waals surface area contributed by atoms with Crippen LogP contribution in [0, 0.1) is 0 Å². The molecule has 1 amide bonds. The van der Waals surface area contributed by atoms with Gasteiger partial charge in [0.1, 0.15) is 5.75 Å². The molecule has 0 aliphatic carbocycles. The minimum atomic E-state index is -0.0579. The third-order valence-corrected chi connectivity index (χ3v) is 6.84. The van der Waals surface area contributed by atoms with E-state index in [4.69, 9.17) is 4.74 Å². The molecule has 176 valence electrons. The van der Waals surface area contributed by atoms with Crippen molar-refractivity contribution in [2.45, 2.75) is 44.7 Å². The highest BCUT2D eigenvalue weighted by Crippen LogP contribution is 2.29. The van der Waals surface area contributed by atoms with Gasteiger partial charge in [-0.3, -0.25) is 4.79 Å². The Morgan fingerprint density at radius 2 is 1.79 bits per heavy atom. The molecule has 1 N–H and O–H groups in total. The molecule has 0 atom stereocenters. The third kappa shape index (κ3) is 5.31. The fourth-order valence-electron chi connectivity index (χ4n) is 4.38. The maximum atomic E-state index is 12.9. The molecule has 4 rings (SSSR count). The molecule has 0 saturated carbocycles. The lowest BCUT2D eigenvalue weighted by molar-refractivity contribution is 0.0951. The van der Waals surface area contributed by atoms with Crippen LogP contribution in [0.4, 0.5) is 0 Å².